The van der Waals surface area contributed by atoms with E-state index in [1.54, 1.807) is 11.1 Å². The van der Waals surface area contributed by atoms with E-state index in [0.29, 0.717) is 13.0 Å². The Morgan fingerprint density at radius 3 is 2.58 bits per heavy atom. The van der Waals surface area contributed by atoms with Crippen molar-refractivity contribution in [2.45, 2.75) is 39.7 Å². The van der Waals surface area contributed by atoms with Crippen LogP contribution in [-0.2, 0) is 25.9 Å². The van der Waals surface area contributed by atoms with Crippen molar-refractivity contribution in [3.05, 3.63) is 35.4 Å². The minimum Gasteiger partial charge on any atom is -0.386 e. The zero-order valence-corrected chi connectivity index (χ0v) is 16.5. The molecule has 144 valence electrons. The number of carbonyl (C=O) groups excluding carboxylic acids is 1. The molecule has 0 spiro atoms. The molecule has 1 atom stereocenters. The highest BCUT2D eigenvalue weighted by atomic mass is 32.2. The second-order valence-corrected chi connectivity index (χ2v) is 9.33. The minimum atomic E-state index is -3.04. The van der Waals surface area contributed by atoms with Gasteiger partial charge in [-0.25, -0.2) is 8.42 Å². The molecule has 0 radical (unpaired) electrons. The molecule has 1 heterocycles. The Balaban J connectivity index is 1.90. The first-order chi connectivity index (χ1) is 12.3. The lowest BCUT2D eigenvalue weighted by molar-refractivity contribution is -0.138. The summed E-state index contributed by atoms with van der Waals surface area (Å²) in [6, 6.07) is 7.68. The van der Waals surface area contributed by atoms with E-state index in [4.69, 9.17) is 4.84 Å². The van der Waals surface area contributed by atoms with Crippen LogP contribution in [-0.4, -0.2) is 56.1 Å². The molecule has 6 nitrogen and oxygen atoms in total. The predicted octanol–water partition coefficient (Wildman–Crippen LogP) is 2.27. The van der Waals surface area contributed by atoms with E-state index in [1.165, 1.54) is 5.56 Å². The number of sulfone groups is 1. The summed E-state index contributed by atoms with van der Waals surface area (Å²) in [7, 11) is -3.04. The number of hydrogen-bond donors (Lipinski definition) is 0. The van der Waals surface area contributed by atoms with E-state index in [1.807, 2.05) is 38.1 Å². The molecule has 0 N–H and O–H groups in total. The number of aryl methyl sites for hydroxylation is 1. The van der Waals surface area contributed by atoms with Gasteiger partial charge in [-0.3, -0.25) is 4.79 Å². The van der Waals surface area contributed by atoms with E-state index in [2.05, 4.69) is 12.1 Å². The first kappa shape index (κ1) is 20.4. The van der Waals surface area contributed by atoms with Gasteiger partial charge in [0.05, 0.1) is 17.7 Å². The molecular formula is C19H28N2O4S. The van der Waals surface area contributed by atoms with Gasteiger partial charge in [-0.15, -0.1) is 0 Å². The van der Waals surface area contributed by atoms with Gasteiger partial charge in [0.1, 0.15) is 0 Å². The van der Waals surface area contributed by atoms with Crippen molar-refractivity contribution in [3.8, 4) is 0 Å². The predicted molar refractivity (Wildman–Crippen MR) is 103 cm³/mol. The maximum Gasteiger partial charge on any atom is 0.263 e. The zero-order chi connectivity index (χ0) is 19.2. The third-order valence-corrected chi connectivity index (χ3v) is 6.13. The highest BCUT2D eigenvalue weighted by Crippen LogP contribution is 2.19. The molecule has 1 aromatic rings. The molecule has 1 fully saturated rings. The molecule has 1 amide bonds. The van der Waals surface area contributed by atoms with Crippen LogP contribution >= 0.6 is 0 Å². The van der Waals surface area contributed by atoms with Gasteiger partial charge in [-0.05, 0) is 29.9 Å². The number of oxime groups is 1. The molecule has 1 saturated heterocycles. The summed E-state index contributed by atoms with van der Waals surface area (Å²) in [4.78, 5) is 19.3. The van der Waals surface area contributed by atoms with Crippen LogP contribution in [0.25, 0.3) is 0 Å². The van der Waals surface area contributed by atoms with Gasteiger partial charge < -0.3 is 9.74 Å². The van der Waals surface area contributed by atoms with Gasteiger partial charge >= 0.3 is 0 Å². The smallest absolute Gasteiger partial charge is 0.263 e. The summed E-state index contributed by atoms with van der Waals surface area (Å²) in [5.74, 6) is 0.215. The largest absolute Gasteiger partial charge is 0.386 e. The lowest BCUT2D eigenvalue weighted by atomic mass is 10.1. The number of rotatable bonds is 8. The molecule has 0 aliphatic carbocycles. The molecule has 0 bridgehead atoms. The molecule has 0 unspecified atom stereocenters. The Bertz CT molecular complexity index is 726. The van der Waals surface area contributed by atoms with E-state index in [-0.39, 0.29) is 36.0 Å². The van der Waals surface area contributed by atoms with Gasteiger partial charge in [0, 0.05) is 12.6 Å². The molecular weight excluding hydrogens is 352 g/mol. The SMILES string of the molecule is CCc1ccc(/C=N\OCC(=O)N(CC(C)C)[C@H]2CCS(=O)(=O)C2)cc1. The third kappa shape index (κ3) is 6.12. The van der Waals surface area contributed by atoms with Crippen molar-refractivity contribution in [1.82, 2.24) is 4.90 Å². The van der Waals surface area contributed by atoms with Crippen molar-refractivity contribution in [1.29, 1.82) is 0 Å². The summed E-state index contributed by atoms with van der Waals surface area (Å²) in [5, 5.41) is 3.86. The summed E-state index contributed by atoms with van der Waals surface area (Å²) >= 11 is 0. The number of benzene rings is 1. The second kappa shape index (κ2) is 9.16. The second-order valence-electron chi connectivity index (χ2n) is 7.10. The molecule has 2 rings (SSSR count). The normalized spacial score (nSPS) is 19.2. The lowest BCUT2D eigenvalue weighted by Crippen LogP contribution is -2.44. The summed E-state index contributed by atoms with van der Waals surface area (Å²) < 4.78 is 23.4. The van der Waals surface area contributed by atoms with E-state index >= 15 is 0 Å². The number of carbonyl (C=O) groups is 1. The molecule has 1 aromatic carbocycles. The van der Waals surface area contributed by atoms with Gasteiger partial charge in [0.2, 0.25) is 0 Å². The van der Waals surface area contributed by atoms with Crippen LogP contribution < -0.4 is 0 Å². The Hall–Kier alpha value is -1.89. The van der Waals surface area contributed by atoms with Crippen molar-refractivity contribution >= 4 is 22.0 Å². The van der Waals surface area contributed by atoms with E-state index < -0.39 is 9.84 Å². The molecule has 26 heavy (non-hydrogen) atoms. The average molecular weight is 381 g/mol. The van der Waals surface area contributed by atoms with Crippen molar-refractivity contribution in [2.24, 2.45) is 11.1 Å². The first-order valence-corrected chi connectivity index (χ1v) is 10.9. The Kier molecular flexibility index (Phi) is 7.20. The number of amides is 1. The van der Waals surface area contributed by atoms with Gasteiger partial charge in [-0.1, -0.05) is 50.2 Å². The van der Waals surface area contributed by atoms with Crippen molar-refractivity contribution in [3.63, 3.8) is 0 Å². The quantitative estimate of drug-likeness (QED) is 0.512. The van der Waals surface area contributed by atoms with Crippen LogP contribution in [0, 0.1) is 5.92 Å². The first-order valence-electron chi connectivity index (χ1n) is 9.05. The van der Waals surface area contributed by atoms with Crippen molar-refractivity contribution in [2.75, 3.05) is 24.7 Å². The van der Waals surface area contributed by atoms with Crippen molar-refractivity contribution < 1.29 is 18.0 Å². The van der Waals surface area contributed by atoms with Gasteiger partial charge in [0.25, 0.3) is 5.91 Å². The fraction of sp³-hybridized carbons (Fsp3) is 0.579. The van der Waals surface area contributed by atoms with Gasteiger partial charge in [0.15, 0.2) is 16.4 Å². The van der Waals surface area contributed by atoms with E-state index in [0.717, 1.165) is 12.0 Å². The maximum atomic E-state index is 12.5. The highest BCUT2D eigenvalue weighted by molar-refractivity contribution is 7.91. The summed E-state index contributed by atoms with van der Waals surface area (Å²) in [6.07, 6.45) is 3.04. The molecule has 0 saturated carbocycles. The Labute approximate surface area is 156 Å². The van der Waals surface area contributed by atoms with Crippen LogP contribution in [0.15, 0.2) is 29.4 Å². The average Bonchev–Trinajstić information content (AvgIpc) is 2.96. The molecule has 1 aliphatic heterocycles. The zero-order valence-electron chi connectivity index (χ0n) is 15.7. The van der Waals surface area contributed by atoms with Crippen LogP contribution in [0.1, 0.15) is 38.3 Å². The van der Waals surface area contributed by atoms with E-state index in [9.17, 15) is 13.2 Å². The van der Waals surface area contributed by atoms with Crippen LogP contribution in [0.4, 0.5) is 0 Å². The fourth-order valence-corrected chi connectivity index (χ4v) is 4.71. The minimum absolute atomic E-state index is 0.0402. The standard InChI is InChI=1S/C19H28N2O4S/c1-4-16-5-7-17(8-6-16)11-20-25-13-19(22)21(12-15(2)3)18-9-10-26(23,24)14-18/h5-8,11,15,18H,4,9-10,12-14H2,1-3H3/b20-11-/t18-/m0/s1. The molecule has 7 heteroatoms. The summed E-state index contributed by atoms with van der Waals surface area (Å²) in [6.45, 7) is 6.43. The van der Waals surface area contributed by atoms with Crippen LogP contribution in [0.2, 0.25) is 0 Å². The maximum absolute atomic E-state index is 12.5. The molecule has 1 aliphatic rings. The van der Waals surface area contributed by atoms with Crippen LogP contribution in [0.3, 0.4) is 0 Å². The number of nitrogens with zero attached hydrogens (tertiary/aromatic N) is 2. The number of hydrogen-bond acceptors (Lipinski definition) is 5. The lowest BCUT2D eigenvalue weighted by Gasteiger charge is -2.29. The third-order valence-electron chi connectivity index (χ3n) is 4.38. The summed E-state index contributed by atoms with van der Waals surface area (Å²) in [5.41, 5.74) is 2.14. The Morgan fingerprint density at radius 1 is 1.35 bits per heavy atom. The Morgan fingerprint density at radius 2 is 2.04 bits per heavy atom. The molecule has 0 aromatic heterocycles. The topological polar surface area (TPSA) is 76.0 Å². The van der Waals surface area contributed by atoms with Crippen LogP contribution in [0.5, 0.6) is 0 Å². The fourth-order valence-electron chi connectivity index (χ4n) is 2.98. The monoisotopic (exact) mass is 380 g/mol. The highest BCUT2D eigenvalue weighted by Gasteiger charge is 2.34. The van der Waals surface area contributed by atoms with Gasteiger partial charge in [-0.2, -0.15) is 0 Å².